The zero-order valence-electron chi connectivity index (χ0n) is 16.9. The topological polar surface area (TPSA) is 120 Å². The Morgan fingerprint density at radius 3 is 2.78 bits per heavy atom. The van der Waals surface area contributed by atoms with Crippen molar-refractivity contribution in [2.75, 3.05) is 19.7 Å². The summed E-state index contributed by atoms with van der Waals surface area (Å²) in [6, 6.07) is 4.17. The number of ether oxygens (including phenoxy) is 1. The highest BCUT2D eigenvalue weighted by molar-refractivity contribution is 6.30. The Labute approximate surface area is 185 Å². The van der Waals surface area contributed by atoms with Crippen LogP contribution in [-0.4, -0.2) is 54.9 Å². The molecule has 1 N–H and O–H groups in total. The van der Waals surface area contributed by atoms with Crippen LogP contribution in [0.2, 0.25) is 5.02 Å². The van der Waals surface area contributed by atoms with Crippen molar-refractivity contribution in [1.82, 2.24) is 24.0 Å². The lowest BCUT2D eigenvalue weighted by Crippen LogP contribution is -2.44. The largest absolute Gasteiger partial charge is 0.465 e. The van der Waals surface area contributed by atoms with Crippen LogP contribution in [0.3, 0.4) is 0 Å². The molecular weight excluding hydrogens is 445 g/mol. The molecular formula is C20H19ClFN5O5. The molecule has 1 fully saturated rings. The average molecular weight is 464 g/mol. The van der Waals surface area contributed by atoms with Gasteiger partial charge in [0.1, 0.15) is 5.82 Å². The van der Waals surface area contributed by atoms with Crippen LogP contribution < -0.4 is 11.2 Å². The Kier molecular flexibility index (Phi) is 5.94. The van der Waals surface area contributed by atoms with Gasteiger partial charge in [-0.2, -0.15) is 0 Å². The number of halogens is 2. The molecule has 1 aliphatic rings. The Hall–Kier alpha value is -3.31. The molecule has 32 heavy (non-hydrogen) atoms. The smallest absolute Gasteiger partial charge is 0.407 e. The summed E-state index contributed by atoms with van der Waals surface area (Å²) in [6.45, 7) is -0.0443. The molecule has 1 aliphatic heterocycles. The van der Waals surface area contributed by atoms with Crippen molar-refractivity contribution in [1.29, 1.82) is 0 Å². The molecule has 0 spiro atoms. The minimum absolute atomic E-state index is 0.00770. The monoisotopic (exact) mass is 463 g/mol. The van der Waals surface area contributed by atoms with E-state index in [1.807, 2.05) is 0 Å². The molecule has 1 aromatic carbocycles. The Bertz CT molecular complexity index is 1310. The summed E-state index contributed by atoms with van der Waals surface area (Å²) in [5.41, 5.74) is -0.708. The van der Waals surface area contributed by atoms with E-state index < -0.39 is 35.2 Å². The predicted molar refractivity (Wildman–Crippen MR) is 112 cm³/mol. The van der Waals surface area contributed by atoms with Crippen molar-refractivity contribution in [3.63, 3.8) is 0 Å². The minimum Gasteiger partial charge on any atom is -0.465 e. The second-order valence-electron chi connectivity index (χ2n) is 7.44. The number of benzene rings is 1. The first-order valence-corrected chi connectivity index (χ1v) is 10.1. The molecule has 4 rings (SSSR count). The van der Waals surface area contributed by atoms with Crippen molar-refractivity contribution >= 4 is 28.9 Å². The standard InChI is InChI=1S/C20H19ClFN5O5/c1-25-17-15(23-4-5-24-17)18(28)27(19(25)29)10-12-9-26(20(30)31)6-7-32-16(12)11-2-3-13(21)14(22)8-11/h2-5,8,12,16H,6-7,9-10H2,1H3,(H,30,31)/t12-,16+/m1/s1. The quantitative estimate of drug-likeness (QED) is 0.627. The van der Waals surface area contributed by atoms with Crippen LogP contribution in [-0.2, 0) is 18.3 Å². The lowest BCUT2D eigenvalue weighted by Gasteiger charge is -2.27. The fraction of sp³-hybridized carbons (Fsp3) is 0.350. The van der Waals surface area contributed by atoms with Gasteiger partial charge >= 0.3 is 11.8 Å². The van der Waals surface area contributed by atoms with Gasteiger partial charge in [0.05, 0.1) is 17.7 Å². The van der Waals surface area contributed by atoms with E-state index in [2.05, 4.69) is 9.97 Å². The third kappa shape index (κ3) is 3.96. The molecule has 0 aliphatic carbocycles. The molecule has 3 heterocycles. The molecule has 10 nitrogen and oxygen atoms in total. The second kappa shape index (κ2) is 8.67. The lowest BCUT2D eigenvalue weighted by molar-refractivity contribution is 0.0244. The highest BCUT2D eigenvalue weighted by Crippen LogP contribution is 2.32. The summed E-state index contributed by atoms with van der Waals surface area (Å²) in [5.74, 6) is -1.33. The molecule has 0 bridgehead atoms. The van der Waals surface area contributed by atoms with Crippen molar-refractivity contribution in [3.05, 3.63) is 67.8 Å². The van der Waals surface area contributed by atoms with Gasteiger partial charge in [-0.3, -0.25) is 13.9 Å². The lowest BCUT2D eigenvalue weighted by atomic mass is 9.94. The van der Waals surface area contributed by atoms with E-state index in [0.717, 1.165) is 9.47 Å². The SMILES string of the molecule is Cn1c(=O)n(C[C@H]2CN(C(=O)O)CCO[C@H]2c2ccc(Cl)c(F)c2)c(=O)c2nccnc21. The van der Waals surface area contributed by atoms with Crippen LogP contribution >= 0.6 is 11.6 Å². The third-order valence-electron chi connectivity index (χ3n) is 5.46. The number of fused-ring (bicyclic) bond motifs is 1. The molecule has 0 saturated carbocycles. The van der Waals surface area contributed by atoms with Crippen LogP contribution in [0.5, 0.6) is 0 Å². The van der Waals surface area contributed by atoms with Gasteiger partial charge in [0, 0.05) is 45.0 Å². The Morgan fingerprint density at radius 1 is 1.31 bits per heavy atom. The number of carbonyl (C=O) groups is 1. The van der Waals surface area contributed by atoms with Gasteiger partial charge in [-0.1, -0.05) is 17.7 Å². The highest BCUT2D eigenvalue weighted by Gasteiger charge is 2.33. The van der Waals surface area contributed by atoms with Crippen LogP contribution in [0.15, 0.2) is 40.2 Å². The molecule has 12 heteroatoms. The van der Waals surface area contributed by atoms with Gasteiger partial charge in [-0.15, -0.1) is 0 Å². The number of hydrogen-bond donors (Lipinski definition) is 1. The first-order chi connectivity index (χ1) is 15.3. The summed E-state index contributed by atoms with van der Waals surface area (Å²) in [7, 11) is 1.47. The molecule has 1 amide bonds. The number of nitrogens with zero attached hydrogens (tertiary/aromatic N) is 5. The molecule has 0 radical (unpaired) electrons. The maximum Gasteiger partial charge on any atom is 0.407 e. The highest BCUT2D eigenvalue weighted by atomic mass is 35.5. The molecule has 168 valence electrons. The minimum atomic E-state index is -1.16. The normalized spacial score (nSPS) is 19.2. The van der Waals surface area contributed by atoms with Crippen LogP contribution in [0.4, 0.5) is 9.18 Å². The number of carboxylic acid groups (broad SMARTS) is 1. The first-order valence-electron chi connectivity index (χ1n) is 9.73. The van der Waals surface area contributed by atoms with Crippen LogP contribution in [0, 0.1) is 11.7 Å². The summed E-state index contributed by atoms with van der Waals surface area (Å²) >= 11 is 5.79. The van der Waals surface area contributed by atoms with Crippen molar-refractivity contribution < 1.29 is 19.0 Å². The van der Waals surface area contributed by atoms with Gasteiger partial charge in [-0.25, -0.2) is 23.9 Å². The van der Waals surface area contributed by atoms with E-state index >= 15 is 0 Å². The zero-order chi connectivity index (χ0) is 23.0. The fourth-order valence-corrected chi connectivity index (χ4v) is 4.01. The van der Waals surface area contributed by atoms with Gasteiger partial charge < -0.3 is 14.7 Å². The maximum atomic E-state index is 14.1. The molecule has 1 saturated heterocycles. The Balaban J connectivity index is 1.81. The Morgan fingerprint density at radius 2 is 2.06 bits per heavy atom. The summed E-state index contributed by atoms with van der Waals surface area (Å²) in [6.07, 6.45) is 0.783. The first kappa shape index (κ1) is 21.9. The van der Waals surface area contributed by atoms with Crippen molar-refractivity contribution in [2.45, 2.75) is 12.6 Å². The molecule has 2 aromatic heterocycles. The second-order valence-corrected chi connectivity index (χ2v) is 7.85. The van der Waals surface area contributed by atoms with Gasteiger partial charge in [0.15, 0.2) is 11.2 Å². The van der Waals surface area contributed by atoms with Gasteiger partial charge in [-0.05, 0) is 17.7 Å². The van der Waals surface area contributed by atoms with E-state index in [1.54, 1.807) is 6.07 Å². The number of aryl methyl sites for hydroxylation is 1. The van der Waals surface area contributed by atoms with E-state index in [0.29, 0.717) is 5.56 Å². The maximum absolute atomic E-state index is 14.1. The van der Waals surface area contributed by atoms with E-state index in [1.165, 1.54) is 36.1 Å². The van der Waals surface area contributed by atoms with Crippen LogP contribution in [0.25, 0.3) is 11.2 Å². The predicted octanol–water partition coefficient (Wildman–Crippen LogP) is 1.65. The average Bonchev–Trinajstić information content (AvgIpc) is 3.00. The van der Waals surface area contributed by atoms with Crippen LogP contribution in [0.1, 0.15) is 11.7 Å². The fourth-order valence-electron chi connectivity index (χ4n) is 3.89. The van der Waals surface area contributed by atoms with E-state index in [4.69, 9.17) is 16.3 Å². The third-order valence-corrected chi connectivity index (χ3v) is 5.77. The van der Waals surface area contributed by atoms with Gasteiger partial charge in [0.2, 0.25) is 0 Å². The van der Waals surface area contributed by atoms with Crippen molar-refractivity contribution in [2.24, 2.45) is 13.0 Å². The molecule has 0 unspecified atom stereocenters. The number of amides is 1. The zero-order valence-corrected chi connectivity index (χ0v) is 17.7. The van der Waals surface area contributed by atoms with E-state index in [-0.39, 0.29) is 42.4 Å². The summed E-state index contributed by atoms with van der Waals surface area (Å²) < 4.78 is 22.2. The molecule has 3 aromatic rings. The number of hydrogen-bond acceptors (Lipinski definition) is 6. The number of rotatable bonds is 3. The summed E-state index contributed by atoms with van der Waals surface area (Å²) in [5, 5.41) is 9.45. The van der Waals surface area contributed by atoms with Crippen molar-refractivity contribution in [3.8, 4) is 0 Å². The van der Waals surface area contributed by atoms with Gasteiger partial charge in [0.25, 0.3) is 5.56 Å². The summed E-state index contributed by atoms with van der Waals surface area (Å²) in [4.78, 5) is 46.8. The number of aromatic nitrogens is 4. The molecule has 2 atom stereocenters. The van der Waals surface area contributed by atoms with E-state index in [9.17, 15) is 23.9 Å².